The van der Waals surface area contributed by atoms with Crippen molar-refractivity contribution in [3.63, 3.8) is 0 Å². The molecule has 0 spiro atoms. The molecule has 1 N–H and O–H groups in total. The lowest BCUT2D eigenvalue weighted by Gasteiger charge is -2.11. The first-order valence-electron chi connectivity index (χ1n) is 6.60. The summed E-state index contributed by atoms with van der Waals surface area (Å²) < 4.78 is 15.2. The molecule has 5 nitrogen and oxygen atoms in total. The van der Waals surface area contributed by atoms with E-state index in [2.05, 4.69) is 17.0 Å². The van der Waals surface area contributed by atoms with Gasteiger partial charge in [0, 0.05) is 12.5 Å². The van der Waals surface area contributed by atoms with Crippen LogP contribution in [0.4, 0.5) is 0 Å². The van der Waals surface area contributed by atoms with Crippen LogP contribution < -0.4 is 5.32 Å². The first kappa shape index (κ1) is 14.4. The zero-order valence-electron chi connectivity index (χ0n) is 11.7. The van der Waals surface area contributed by atoms with Gasteiger partial charge >= 0.3 is 5.97 Å². The van der Waals surface area contributed by atoms with Gasteiger partial charge in [0.2, 0.25) is 0 Å². The molecule has 0 radical (unpaired) electrons. The van der Waals surface area contributed by atoms with Crippen molar-refractivity contribution < 1.29 is 18.4 Å². The number of hydrogen-bond donors (Lipinski definition) is 1. The molecule has 1 atom stereocenters. The average molecular weight is 277 g/mol. The van der Waals surface area contributed by atoms with Gasteiger partial charge in [0.15, 0.2) is 0 Å². The van der Waals surface area contributed by atoms with E-state index in [9.17, 15) is 4.79 Å². The number of rotatable bonds is 7. The molecular weight excluding hydrogens is 258 g/mol. The van der Waals surface area contributed by atoms with Crippen LogP contribution in [0.1, 0.15) is 35.2 Å². The highest BCUT2D eigenvalue weighted by molar-refractivity contribution is 5.88. The molecule has 0 aliphatic heterocycles. The lowest BCUT2D eigenvalue weighted by molar-refractivity contribution is 0.0600. The Morgan fingerprint density at radius 3 is 2.95 bits per heavy atom. The SMILES string of the molecule is COC(=O)c1coc(CNC(C)CCc2ccco2)c1. The van der Waals surface area contributed by atoms with Crippen LogP contribution in [0, 0.1) is 0 Å². The van der Waals surface area contributed by atoms with Crippen LogP contribution in [-0.4, -0.2) is 19.1 Å². The van der Waals surface area contributed by atoms with E-state index in [1.165, 1.54) is 13.4 Å². The summed E-state index contributed by atoms with van der Waals surface area (Å²) in [5.74, 6) is 1.32. The largest absolute Gasteiger partial charge is 0.469 e. The summed E-state index contributed by atoms with van der Waals surface area (Å²) in [7, 11) is 1.35. The normalized spacial score (nSPS) is 12.3. The summed E-state index contributed by atoms with van der Waals surface area (Å²) in [6, 6.07) is 5.89. The Morgan fingerprint density at radius 1 is 1.40 bits per heavy atom. The second kappa shape index (κ2) is 6.96. The number of carbonyl (C=O) groups is 1. The molecule has 0 saturated carbocycles. The van der Waals surface area contributed by atoms with E-state index in [1.54, 1.807) is 12.3 Å². The van der Waals surface area contributed by atoms with Crippen molar-refractivity contribution in [1.82, 2.24) is 5.32 Å². The van der Waals surface area contributed by atoms with Gasteiger partial charge in [0.05, 0.1) is 25.5 Å². The zero-order valence-corrected chi connectivity index (χ0v) is 11.7. The Bertz CT molecular complexity index is 530. The number of carbonyl (C=O) groups excluding carboxylic acids is 1. The standard InChI is InChI=1S/C15H19NO4/c1-11(5-6-13-4-3-7-19-13)16-9-14-8-12(10-20-14)15(17)18-2/h3-4,7-8,10-11,16H,5-6,9H2,1-2H3. The molecule has 0 fully saturated rings. The second-order valence-corrected chi connectivity index (χ2v) is 4.69. The molecular formula is C15H19NO4. The summed E-state index contributed by atoms with van der Waals surface area (Å²) in [5.41, 5.74) is 0.438. The fourth-order valence-corrected chi connectivity index (χ4v) is 1.89. The van der Waals surface area contributed by atoms with Gasteiger partial charge < -0.3 is 18.9 Å². The van der Waals surface area contributed by atoms with E-state index in [4.69, 9.17) is 8.83 Å². The Hall–Kier alpha value is -2.01. The zero-order chi connectivity index (χ0) is 14.4. The predicted octanol–water partition coefficient (Wildman–Crippen LogP) is 2.77. The first-order chi connectivity index (χ1) is 9.69. The van der Waals surface area contributed by atoms with E-state index in [0.29, 0.717) is 18.2 Å². The fraction of sp³-hybridized carbons (Fsp3) is 0.400. The molecule has 0 aliphatic rings. The van der Waals surface area contributed by atoms with Gasteiger partial charge in [-0.1, -0.05) is 0 Å². The van der Waals surface area contributed by atoms with Crippen molar-refractivity contribution in [3.8, 4) is 0 Å². The van der Waals surface area contributed by atoms with Crippen LogP contribution in [0.3, 0.4) is 0 Å². The monoisotopic (exact) mass is 277 g/mol. The van der Waals surface area contributed by atoms with Gasteiger partial charge in [-0.05, 0) is 31.5 Å². The molecule has 5 heteroatoms. The lowest BCUT2D eigenvalue weighted by Crippen LogP contribution is -2.25. The quantitative estimate of drug-likeness (QED) is 0.788. The van der Waals surface area contributed by atoms with Gasteiger partial charge in [-0.15, -0.1) is 0 Å². The molecule has 0 aliphatic carbocycles. The summed E-state index contributed by atoms with van der Waals surface area (Å²) in [6.07, 6.45) is 4.96. The molecule has 20 heavy (non-hydrogen) atoms. The van der Waals surface area contributed by atoms with Gasteiger partial charge in [0.25, 0.3) is 0 Å². The van der Waals surface area contributed by atoms with Crippen LogP contribution in [-0.2, 0) is 17.7 Å². The van der Waals surface area contributed by atoms with Gasteiger partial charge in [0.1, 0.15) is 17.8 Å². The molecule has 108 valence electrons. The van der Waals surface area contributed by atoms with Gasteiger partial charge in [-0.2, -0.15) is 0 Å². The first-order valence-corrected chi connectivity index (χ1v) is 6.60. The average Bonchev–Trinajstić information content (AvgIpc) is 3.13. The Morgan fingerprint density at radius 2 is 2.25 bits per heavy atom. The second-order valence-electron chi connectivity index (χ2n) is 4.69. The predicted molar refractivity (Wildman–Crippen MR) is 73.4 cm³/mol. The van der Waals surface area contributed by atoms with Crippen LogP contribution in [0.25, 0.3) is 0 Å². The highest BCUT2D eigenvalue weighted by atomic mass is 16.5. The third-order valence-corrected chi connectivity index (χ3v) is 3.10. The van der Waals surface area contributed by atoms with Crippen molar-refractivity contribution in [2.75, 3.05) is 7.11 Å². The van der Waals surface area contributed by atoms with Crippen LogP contribution in [0.2, 0.25) is 0 Å². The number of furan rings is 2. The summed E-state index contributed by atoms with van der Waals surface area (Å²) in [5, 5.41) is 3.34. The molecule has 0 saturated heterocycles. The van der Waals surface area contributed by atoms with E-state index in [1.807, 2.05) is 12.1 Å². The maximum Gasteiger partial charge on any atom is 0.341 e. The van der Waals surface area contributed by atoms with E-state index < -0.39 is 0 Å². The van der Waals surface area contributed by atoms with E-state index in [0.717, 1.165) is 24.4 Å². The van der Waals surface area contributed by atoms with Crippen LogP contribution >= 0.6 is 0 Å². The van der Waals surface area contributed by atoms with Crippen molar-refractivity contribution >= 4 is 5.97 Å². The maximum absolute atomic E-state index is 11.3. The Balaban J connectivity index is 1.74. The minimum absolute atomic E-state index is 0.326. The third-order valence-electron chi connectivity index (χ3n) is 3.10. The molecule has 1 unspecified atom stereocenters. The van der Waals surface area contributed by atoms with Crippen LogP contribution in [0.5, 0.6) is 0 Å². The number of nitrogens with one attached hydrogen (secondary N) is 1. The maximum atomic E-state index is 11.3. The molecule has 2 rings (SSSR count). The molecule has 2 heterocycles. The van der Waals surface area contributed by atoms with Crippen molar-refractivity contribution in [3.05, 3.63) is 47.8 Å². The van der Waals surface area contributed by atoms with Crippen molar-refractivity contribution in [2.24, 2.45) is 0 Å². The molecule has 2 aromatic heterocycles. The summed E-state index contributed by atoms with van der Waals surface area (Å²) in [6.45, 7) is 2.68. The van der Waals surface area contributed by atoms with Crippen molar-refractivity contribution in [1.29, 1.82) is 0 Å². The minimum Gasteiger partial charge on any atom is -0.469 e. The molecule has 0 amide bonds. The molecule has 0 bridgehead atoms. The number of aryl methyl sites for hydroxylation is 1. The highest BCUT2D eigenvalue weighted by Crippen LogP contribution is 2.10. The summed E-state index contributed by atoms with van der Waals surface area (Å²) >= 11 is 0. The minimum atomic E-state index is -0.383. The highest BCUT2D eigenvalue weighted by Gasteiger charge is 2.11. The Kier molecular flexibility index (Phi) is 5.01. The van der Waals surface area contributed by atoms with Crippen LogP contribution in [0.15, 0.2) is 39.6 Å². The Labute approximate surface area is 117 Å². The smallest absolute Gasteiger partial charge is 0.341 e. The van der Waals surface area contributed by atoms with Gasteiger partial charge in [-0.25, -0.2) is 4.79 Å². The number of esters is 1. The van der Waals surface area contributed by atoms with E-state index >= 15 is 0 Å². The molecule has 0 aromatic carbocycles. The number of methoxy groups -OCH3 is 1. The topological polar surface area (TPSA) is 64.6 Å². The molecule has 2 aromatic rings. The third kappa shape index (κ3) is 3.99. The fourth-order valence-electron chi connectivity index (χ4n) is 1.89. The lowest BCUT2D eigenvalue weighted by atomic mass is 10.1. The van der Waals surface area contributed by atoms with Crippen molar-refractivity contribution in [2.45, 2.75) is 32.4 Å². The number of hydrogen-bond acceptors (Lipinski definition) is 5. The summed E-state index contributed by atoms with van der Waals surface area (Å²) in [4.78, 5) is 11.3. The van der Waals surface area contributed by atoms with Gasteiger partial charge in [-0.3, -0.25) is 0 Å². The van der Waals surface area contributed by atoms with E-state index in [-0.39, 0.29) is 5.97 Å². The number of ether oxygens (including phenoxy) is 1.